The Morgan fingerprint density at radius 3 is 2.80 bits per heavy atom. The second kappa shape index (κ2) is 4.94. The monoisotopic (exact) mass is 215 g/mol. The van der Waals surface area contributed by atoms with Gasteiger partial charge in [0.15, 0.2) is 0 Å². The lowest BCUT2D eigenvalue weighted by Gasteiger charge is -2.24. The molecular weight excluding hydrogens is 194 g/mol. The van der Waals surface area contributed by atoms with Gasteiger partial charge in [0.1, 0.15) is 0 Å². The Labute approximate surface area is 91.2 Å². The molecule has 15 heavy (non-hydrogen) atoms. The van der Waals surface area contributed by atoms with Crippen LogP contribution >= 0.6 is 0 Å². The van der Waals surface area contributed by atoms with Crippen LogP contribution < -0.4 is 0 Å². The van der Waals surface area contributed by atoms with Crippen LogP contribution in [0.1, 0.15) is 33.6 Å². The summed E-state index contributed by atoms with van der Waals surface area (Å²) < 4.78 is 4.90. The summed E-state index contributed by atoms with van der Waals surface area (Å²) in [5, 5.41) is 9.79. The number of likely N-dealkylation sites (tertiary alicyclic amines) is 1. The Kier molecular flexibility index (Phi) is 4.11. The van der Waals surface area contributed by atoms with Gasteiger partial charge in [-0.3, -0.25) is 9.69 Å². The molecule has 1 rings (SSSR count). The maximum absolute atomic E-state index is 11.3. The van der Waals surface area contributed by atoms with Crippen molar-refractivity contribution in [3.8, 4) is 0 Å². The highest BCUT2D eigenvalue weighted by molar-refractivity contribution is 5.70. The predicted molar refractivity (Wildman–Crippen MR) is 57.5 cm³/mol. The first-order valence-corrected chi connectivity index (χ1v) is 5.56. The van der Waals surface area contributed by atoms with E-state index in [9.17, 15) is 9.90 Å². The number of β-amino-alcohol motifs (C(OH)–C–C–N with tert-alkyl or cyclic N) is 1. The number of rotatable bonds is 4. The predicted octanol–water partition coefficient (Wildman–Crippen LogP) is 0.785. The number of carbonyl (C=O) groups excluding carboxylic acids is 1. The Morgan fingerprint density at radius 1 is 1.67 bits per heavy atom. The van der Waals surface area contributed by atoms with Crippen LogP contribution in [0.15, 0.2) is 0 Å². The van der Waals surface area contributed by atoms with Crippen LogP contribution in [0.4, 0.5) is 0 Å². The molecule has 1 N–H and O–H groups in total. The summed E-state index contributed by atoms with van der Waals surface area (Å²) in [5.74, 6) is -0.156. The fraction of sp³-hybridized carbons (Fsp3) is 0.909. The summed E-state index contributed by atoms with van der Waals surface area (Å²) in [5.41, 5.74) is -0.594. The van der Waals surface area contributed by atoms with Crippen LogP contribution in [-0.4, -0.2) is 47.3 Å². The van der Waals surface area contributed by atoms with Crippen molar-refractivity contribution in [2.45, 2.75) is 45.3 Å². The summed E-state index contributed by atoms with van der Waals surface area (Å²) in [7, 11) is 0. The van der Waals surface area contributed by atoms with Crippen LogP contribution in [0.25, 0.3) is 0 Å². The highest BCUT2D eigenvalue weighted by Crippen LogP contribution is 2.23. The van der Waals surface area contributed by atoms with E-state index < -0.39 is 5.60 Å². The number of hydrogen-bond donors (Lipinski definition) is 1. The van der Waals surface area contributed by atoms with Gasteiger partial charge in [0.2, 0.25) is 0 Å². The molecule has 88 valence electrons. The summed E-state index contributed by atoms with van der Waals surface area (Å²) in [4.78, 5) is 13.4. The molecule has 1 heterocycles. The molecule has 4 heteroatoms. The molecule has 2 atom stereocenters. The average molecular weight is 215 g/mol. The minimum absolute atomic E-state index is 0.151. The third kappa shape index (κ3) is 3.80. The first-order chi connectivity index (χ1) is 6.94. The first kappa shape index (κ1) is 12.5. The lowest BCUT2D eigenvalue weighted by molar-refractivity contribution is -0.144. The zero-order valence-electron chi connectivity index (χ0n) is 9.82. The molecule has 1 aliphatic heterocycles. The third-order valence-corrected chi connectivity index (χ3v) is 2.87. The maximum atomic E-state index is 11.3. The molecule has 0 aromatic rings. The van der Waals surface area contributed by atoms with Gasteiger partial charge in [0.25, 0.3) is 0 Å². The quantitative estimate of drug-likeness (QED) is 0.704. The number of carbonyl (C=O) groups is 1. The van der Waals surface area contributed by atoms with Gasteiger partial charge in [0.05, 0.1) is 18.6 Å². The van der Waals surface area contributed by atoms with E-state index in [2.05, 4.69) is 4.90 Å². The lowest BCUT2D eigenvalue weighted by atomic mass is 10.1. The van der Waals surface area contributed by atoms with Crippen LogP contribution in [0.2, 0.25) is 0 Å². The second-order valence-corrected chi connectivity index (χ2v) is 4.58. The molecule has 0 radical (unpaired) electrons. The molecule has 0 saturated carbocycles. The van der Waals surface area contributed by atoms with Crippen molar-refractivity contribution in [1.29, 1.82) is 0 Å². The number of nitrogens with zero attached hydrogens (tertiary/aromatic N) is 1. The van der Waals surface area contributed by atoms with Crippen molar-refractivity contribution >= 4 is 5.97 Å². The molecule has 0 aliphatic carbocycles. The van der Waals surface area contributed by atoms with E-state index >= 15 is 0 Å². The van der Waals surface area contributed by atoms with Crippen molar-refractivity contribution in [3.63, 3.8) is 0 Å². The number of esters is 1. The minimum Gasteiger partial charge on any atom is -0.466 e. The molecule has 0 aromatic heterocycles. The average Bonchev–Trinajstić information content (AvgIpc) is 2.46. The Hall–Kier alpha value is -0.610. The number of aliphatic hydroxyl groups is 1. The fourth-order valence-corrected chi connectivity index (χ4v) is 1.95. The normalized spacial score (nSPS) is 29.1. The summed E-state index contributed by atoms with van der Waals surface area (Å²) >= 11 is 0. The Morgan fingerprint density at radius 2 is 2.33 bits per heavy atom. The SMILES string of the molecule is CCOC(=O)CC(C)N1CCC(C)(O)C1. The molecular formula is C11H21NO3. The topological polar surface area (TPSA) is 49.8 Å². The van der Waals surface area contributed by atoms with Gasteiger partial charge in [-0.2, -0.15) is 0 Å². The highest BCUT2D eigenvalue weighted by Gasteiger charge is 2.34. The van der Waals surface area contributed by atoms with E-state index in [-0.39, 0.29) is 12.0 Å². The first-order valence-electron chi connectivity index (χ1n) is 5.56. The molecule has 0 aromatic carbocycles. The van der Waals surface area contributed by atoms with Gasteiger partial charge in [0, 0.05) is 19.1 Å². The molecule has 0 amide bonds. The number of hydrogen-bond acceptors (Lipinski definition) is 4. The standard InChI is InChI=1S/C11H21NO3/c1-4-15-10(13)7-9(2)12-6-5-11(3,14)8-12/h9,14H,4-8H2,1-3H3. The van der Waals surface area contributed by atoms with E-state index in [1.807, 2.05) is 20.8 Å². The molecule has 0 bridgehead atoms. The van der Waals surface area contributed by atoms with Crippen molar-refractivity contribution in [2.24, 2.45) is 0 Å². The largest absolute Gasteiger partial charge is 0.466 e. The smallest absolute Gasteiger partial charge is 0.307 e. The Bertz CT molecular complexity index is 228. The van der Waals surface area contributed by atoms with E-state index in [0.717, 1.165) is 13.0 Å². The van der Waals surface area contributed by atoms with Gasteiger partial charge < -0.3 is 9.84 Å². The minimum atomic E-state index is -0.594. The van der Waals surface area contributed by atoms with Gasteiger partial charge >= 0.3 is 5.97 Å². The van der Waals surface area contributed by atoms with Crippen LogP contribution in [-0.2, 0) is 9.53 Å². The fourth-order valence-electron chi connectivity index (χ4n) is 1.95. The third-order valence-electron chi connectivity index (χ3n) is 2.87. The van der Waals surface area contributed by atoms with Gasteiger partial charge in [-0.15, -0.1) is 0 Å². The van der Waals surface area contributed by atoms with Gasteiger partial charge in [-0.05, 0) is 27.2 Å². The molecule has 0 spiro atoms. The van der Waals surface area contributed by atoms with Crippen molar-refractivity contribution in [2.75, 3.05) is 19.7 Å². The molecule has 1 aliphatic rings. The Balaban J connectivity index is 2.35. The maximum Gasteiger partial charge on any atom is 0.307 e. The van der Waals surface area contributed by atoms with Gasteiger partial charge in [-0.25, -0.2) is 0 Å². The van der Waals surface area contributed by atoms with Gasteiger partial charge in [-0.1, -0.05) is 0 Å². The van der Waals surface area contributed by atoms with Crippen molar-refractivity contribution in [1.82, 2.24) is 4.90 Å². The van der Waals surface area contributed by atoms with Crippen LogP contribution in [0.5, 0.6) is 0 Å². The summed E-state index contributed by atoms with van der Waals surface area (Å²) in [6.45, 7) is 7.58. The zero-order valence-corrected chi connectivity index (χ0v) is 9.82. The van der Waals surface area contributed by atoms with Crippen molar-refractivity contribution in [3.05, 3.63) is 0 Å². The van der Waals surface area contributed by atoms with Crippen molar-refractivity contribution < 1.29 is 14.6 Å². The summed E-state index contributed by atoms with van der Waals surface area (Å²) in [6, 6.07) is 0.151. The molecule has 4 nitrogen and oxygen atoms in total. The van der Waals surface area contributed by atoms with E-state index in [0.29, 0.717) is 19.6 Å². The molecule has 1 saturated heterocycles. The van der Waals surface area contributed by atoms with Crippen LogP contribution in [0.3, 0.4) is 0 Å². The van der Waals surface area contributed by atoms with Crippen LogP contribution in [0, 0.1) is 0 Å². The molecule has 1 fully saturated rings. The summed E-state index contributed by atoms with van der Waals surface area (Å²) in [6.07, 6.45) is 1.18. The molecule has 2 unspecified atom stereocenters. The van der Waals surface area contributed by atoms with E-state index in [1.165, 1.54) is 0 Å². The number of ether oxygens (including phenoxy) is 1. The highest BCUT2D eigenvalue weighted by atomic mass is 16.5. The van der Waals surface area contributed by atoms with E-state index in [4.69, 9.17) is 4.74 Å². The zero-order chi connectivity index (χ0) is 11.5. The second-order valence-electron chi connectivity index (χ2n) is 4.58. The van der Waals surface area contributed by atoms with E-state index in [1.54, 1.807) is 0 Å². The lowest BCUT2D eigenvalue weighted by Crippen LogP contribution is -2.36.